The van der Waals surface area contributed by atoms with Crippen LogP contribution in [0.3, 0.4) is 0 Å². The lowest BCUT2D eigenvalue weighted by molar-refractivity contribution is -0.132. The second-order valence-corrected chi connectivity index (χ2v) is 7.87. The predicted molar refractivity (Wildman–Crippen MR) is 112 cm³/mol. The Morgan fingerprint density at radius 3 is 2.17 bits per heavy atom. The summed E-state index contributed by atoms with van der Waals surface area (Å²) in [6.45, 7) is 9.25. The number of anilines is 1. The van der Waals surface area contributed by atoms with Crippen molar-refractivity contribution in [3.63, 3.8) is 0 Å². The molecule has 30 heavy (non-hydrogen) atoms. The molecule has 1 fully saturated rings. The minimum Gasteiger partial charge on any atom is -0.361 e. The molecule has 1 aromatic heterocycles. The maximum atomic E-state index is 12.8. The average molecular weight is 412 g/mol. The zero-order valence-corrected chi connectivity index (χ0v) is 17.9. The topological polar surface area (TPSA) is 95.8 Å². The summed E-state index contributed by atoms with van der Waals surface area (Å²) in [4.78, 5) is 40.7. The molecule has 1 N–H and O–H groups in total. The van der Waals surface area contributed by atoms with Crippen molar-refractivity contribution >= 4 is 23.4 Å². The first-order valence-corrected chi connectivity index (χ1v) is 10.2. The van der Waals surface area contributed by atoms with Crippen LogP contribution >= 0.6 is 0 Å². The fourth-order valence-corrected chi connectivity index (χ4v) is 3.34. The first-order chi connectivity index (χ1) is 14.3. The summed E-state index contributed by atoms with van der Waals surface area (Å²) < 4.78 is 5.13. The third-order valence-electron chi connectivity index (χ3n) is 5.35. The van der Waals surface area contributed by atoms with Crippen molar-refractivity contribution in [3.05, 3.63) is 46.8 Å². The summed E-state index contributed by atoms with van der Waals surface area (Å²) in [7, 11) is 0. The Labute approximate surface area is 176 Å². The molecule has 3 rings (SSSR count). The van der Waals surface area contributed by atoms with Crippen LogP contribution in [0.5, 0.6) is 0 Å². The Kier molecular flexibility index (Phi) is 6.54. The van der Waals surface area contributed by atoms with Gasteiger partial charge >= 0.3 is 0 Å². The lowest BCUT2D eigenvalue weighted by atomic mass is 10.1. The van der Waals surface area contributed by atoms with Crippen LogP contribution in [0.1, 0.15) is 41.2 Å². The number of nitrogens with one attached hydrogen (secondary N) is 1. The zero-order chi connectivity index (χ0) is 21.8. The summed E-state index contributed by atoms with van der Waals surface area (Å²) in [5, 5.41) is 6.70. The number of piperazine rings is 1. The molecule has 2 heterocycles. The molecule has 0 atom stereocenters. The lowest BCUT2D eigenvalue weighted by Gasteiger charge is -2.35. The van der Waals surface area contributed by atoms with Crippen LogP contribution in [0, 0.1) is 19.8 Å². The number of aromatic nitrogens is 1. The number of hydrogen-bond acceptors (Lipinski definition) is 5. The third kappa shape index (κ3) is 4.87. The van der Waals surface area contributed by atoms with E-state index in [1.165, 1.54) is 0 Å². The molecule has 0 spiro atoms. The minimum atomic E-state index is -0.108. The van der Waals surface area contributed by atoms with Crippen LogP contribution in [0.25, 0.3) is 0 Å². The maximum Gasteiger partial charge on any atom is 0.253 e. The van der Waals surface area contributed by atoms with Crippen molar-refractivity contribution in [2.75, 3.05) is 31.5 Å². The first-order valence-electron chi connectivity index (χ1n) is 10.2. The van der Waals surface area contributed by atoms with E-state index >= 15 is 0 Å². The van der Waals surface area contributed by atoms with Gasteiger partial charge in [-0.25, -0.2) is 0 Å². The monoisotopic (exact) mass is 412 g/mol. The largest absolute Gasteiger partial charge is 0.361 e. The lowest BCUT2D eigenvalue weighted by Crippen LogP contribution is -2.51. The van der Waals surface area contributed by atoms with E-state index in [2.05, 4.69) is 10.5 Å². The molecule has 1 aliphatic rings. The highest BCUT2D eigenvalue weighted by Crippen LogP contribution is 2.17. The van der Waals surface area contributed by atoms with E-state index in [1.54, 1.807) is 41.0 Å². The number of carbonyl (C=O) groups is 3. The van der Waals surface area contributed by atoms with Crippen LogP contribution < -0.4 is 5.32 Å². The van der Waals surface area contributed by atoms with Crippen LogP contribution in [0.2, 0.25) is 0 Å². The molecule has 3 amide bonds. The second kappa shape index (κ2) is 9.11. The van der Waals surface area contributed by atoms with Crippen molar-refractivity contribution in [2.24, 2.45) is 5.92 Å². The quantitative estimate of drug-likeness (QED) is 0.814. The van der Waals surface area contributed by atoms with E-state index in [4.69, 9.17) is 4.52 Å². The molecule has 8 nitrogen and oxygen atoms in total. The van der Waals surface area contributed by atoms with Gasteiger partial charge in [0.05, 0.1) is 12.1 Å². The molecule has 0 bridgehead atoms. The van der Waals surface area contributed by atoms with Crippen LogP contribution in [0.4, 0.5) is 5.69 Å². The van der Waals surface area contributed by atoms with Crippen LogP contribution in [-0.4, -0.2) is 58.9 Å². The molecular weight excluding hydrogens is 384 g/mol. The fourth-order valence-electron chi connectivity index (χ4n) is 3.34. The zero-order valence-electron chi connectivity index (χ0n) is 17.9. The molecule has 2 aromatic rings. The SMILES string of the molecule is Cc1noc(C)c1CC(=O)N1CCN(C(=O)c2ccc(NC(=O)C(C)C)cc2)CC1. The van der Waals surface area contributed by atoms with Crippen molar-refractivity contribution in [3.8, 4) is 0 Å². The molecule has 1 aliphatic heterocycles. The third-order valence-corrected chi connectivity index (χ3v) is 5.35. The molecule has 160 valence electrons. The Morgan fingerprint density at radius 1 is 1.03 bits per heavy atom. The standard InChI is InChI=1S/C22H28N4O4/c1-14(2)21(28)23-18-7-5-17(6-8-18)22(29)26-11-9-25(10-12-26)20(27)13-19-15(3)24-30-16(19)4/h5-8,14H,9-13H2,1-4H3,(H,23,28). The van der Waals surface area contributed by atoms with E-state index in [0.717, 1.165) is 11.3 Å². The highest BCUT2D eigenvalue weighted by Gasteiger charge is 2.26. The number of rotatable bonds is 5. The van der Waals surface area contributed by atoms with Crippen molar-refractivity contribution in [1.29, 1.82) is 0 Å². The van der Waals surface area contributed by atoms with Crippen LogP contribution in [0.15, 0.2) is 28.8 Å². The van der Waals surface area contributed by atoms with E-state index < -0.39 is 0 Å². The maximum absolute atomic E-state index is 12.8. The van der Waals surface area contributed by atoms with Gasteiger partial charge in [0.25, 0.3) is 5.91 Å². The highest BCUT2D eigenvalue weighted by atomic mass is 16.5. The molecule has 8 heteroatoms. The number of aryl methyl sites for hydroxylation is 2. The summed E-state index contributed by atoms with van der Waals surface area (Å²) >= 11 is 0. The van der Waals surface area contributed by atoms with Crippen molar-refractivity contribution in [2.45, 2.75) is 34.1 Å². The normalized spacial score (nSPS) is 14.2. The minimum absolute atomic E-state index is 0.0155. The van der Waals surface area contributed by atoms with Gasteiger partial charge in [0, 0.05) is 48.9 Å². The Hall–Kier alpha value is -3.16. The van der Waals surface area contributed by atoms with Crippen molar-refractivity contribution < 1.29 is 18.9 Å². The average Bonchev–Trinajstić information content (AvgIpc) is 3.05. The Bertz CT molecular complexity index is 906. The number of amides is 3. The van der Waals surface area contributed by atoms with Gasteiger partial charge in [0.15, 0.2) is 0 Å². The summed E-state index contributed by atoms with van der Waals surface area (Å²) in [5.74, 6) is 0.438. The summed E-state index contributed by atoms with van der Waals surface area (Å²) in [6, 6.07) is 6.90. The summed E-state index contributed by atoms with van der Waals surface area (Å²) in [6.07, 6.45) is 0.263. The smallest absolute Gasteiger partial charge is 0.253 e. The van der Waals surface area contributed by atoms with Gasteiger partial charge in [-0.1, -0.05) is 19.0 Å². The first kappa shape index (κ1) is 21.5. The number of benzene rings is 1. The van der Waals surface area contributed by atoms with Crippen molar-refractivity contribution in [1.82, 2.24) is 15.0 Å². The predicted octanol–water partition coefficient (Wildman–Crippen LogP) is 2.41. The molecule has 0 unspecified atom stereocenters. The van der Waals surface area contributed by atoms with Gasteiger partial charge in [-0.3, -0.25) is 14.4 Å². The Morgan fingerprint density at radius 2 is 1.63 bits per heavy atom. The fraction of sp³-hybridized carbons (Fsp3) is 0.455. The number of carbonyl (C=O) groups excluding carboxylic acids is 3. The van der Waals surface area contributed by atoms with Gasteiger partial charge < -0.3 is 19.6 Å². The molecule has 0 radical (unpaired) electrons. The van der Waals surface area contributed by atoms with E-state index in [9.17, 15) is 14.4 Å². The highest BCUT2D eigenvalue weighted by molar-refractivity contribution is 5.96. The Balaban J connectivity index is 1.53. The van der Waals surface area contributed by atoms with Gasteiger partial charge in [-0.2, -0.15) is 0 Å². The van der Waals surface area contributed by atoms with E-state index in [0.29, 0.717) is 43.2 Å². The summed E-state index contributed by atoms with van der Waals surface area (Å²) in [5.41, 5.74) is 2.80. The molecule has 0 aliphatic carbocycles. The number of hydrogen-bond donors (Lipinski definition) is 1. The van der Waals surface area contributed by atoms with Gasteiger partial charge in [0.2, 0.25) is 11.8 Å². The molecule has 0 saturated carbocycles. The van der Waals surface area contributed by atoms with Gasteiger partial charge in [-0.05, 0) is 38.1 Å². The van der Waals surface area contributed by atoms with Gasteiger partial charge in [-0.15, -0.1) is 0 Å². The molecule has 1 saturated heterocycles. The second-order valence-electron chi connectivity index (χ2n) is 7.87. The molecule has 1 aromatic carbocycles. The molecular formula is C22H28N4O4. The van der Waals surface area contributed by atoms with E-state index in [-0.39, 0.29) is 30.1 Å². The van der Waals surface area contributed by atoms with Crippen LogP contribution in [-0.2, 0) is 16.0 Å². The number of nitrogens with zero attached hydrogens (tertiary/aromatic N) is 3. The van der Waals surface area contributed by atoms with E-state index in [1.807, 2.05) is 20.8 Å². The van der Waals surface area contributed by atoms with Gasteiger partial charge in [0.1, 0.15) is 5.76 Å².